The number of carbonyl (C=O) groups is 2. The summed E-state index contributed by atoms with van der Waals surface area (Å²) in [6, 6.07) is 7.26. The SMILES string of the molecule is COCC(=O)Nc1ccccc1C(=O)NC1CCCC1. The summed E-state index contributed by atoms with van der Waals surface area (Å²) in [5.74, 6) is -0.404. The molecule has 1 aliphatic rings. The van der Waals surface area contributed by atoms with Crippen LogP contribution in [0.5, 0.6) is 0 Å². The molecule has 0 bridgehead atoms. The monoisotopic (exact) mass is 276 g/mol. The Kier molecular flexibility index (Phi) is 5.12. The van der Waals surface area contributed by atoms with Crippen LogP contribution in [-0.2, 0) is 9.53 Å². The second-order valence-corrected chi connectivity index (χ2v) is 4.98. The lowest BCUT2D eigenvalue weighted by atomic mass is 10.1. The number of anilines is 1. The van der Waals surface area contributed by atoms with Crippen molar-refractivity contribution in [3.05, 3.63) is 29.8 Å². The summed E-state index contributed by atoms with van der Waals surface area (Å²) in [4.78, 5) is 23.8. The smallest absolute Gasteiger partial charge is 0.253 e. The van der Waals surface area contributed by atoms with Crippen LogP contribution in [0, 0.1) is 0 Å². The van der Waals surface area contributed by atoms with E-state index >= 15 is 0 Å². The van der Waals surface area contributed by atoms with Gasteiger partial charge in [0.2, 0.25) is 5.91 Å². The van der Waals surface area contributed by atoms with Crippen LogP contribution in [-0.4, -0.2) is 31.6 Å². The lowest BCUT2D eigenvalue weighted by Gasteiger charge is -2.14. The zero-order valence-electron chi connectivity index (χ0n) is 11.6. The lowest BCUT2D eigenvalue weighted by molar-refractivity contribution is -0.119. The maximum absolute atomic E-state index is 12.3. The van der Waals surface area contributed by atoms with Crippen molar-refractivity contribution >= 4 is 17.5 Å². The number of benzene rings is 1. The minimum Gasteiger partial charge on any atom is -0.375 e. The van der Waals surface area contributed by atoms with Gasteiger partial charge in [-0.05, 0) is 25.0 Å². The Morgan fingerprint density at radius 1 is 1.25 bits per heavy atom. The zero-order valence-corrected chi connectivity index (χ0v) is 11.6. The average molecular weight is 276 g/mol. The molecule has 1 fully saturated rings. The first kappa shape index (κ1) is 14.5. The van der Waals surface area contributed by atoms with Crippen molar-refractivity contribution in [1.82, 2.24) is 5.32 Å². The van der Waals surface area contributed by atoms with Crippen LogP contribution in [0.1, 0.15) is 36.0 Å². The molecular formula is C15H20N2O3. The van der Waals surface area contributed by atoms with Crippen LogP contribution < -0.4 is 10.6 Å². The van der Waals surface area contributed by atoms with Gasteiger partial charge in [-0.15, -0.1) is 0 Å². The average Bonchev–Trinajstić information content (AvgIpc) is 2.92. The van der Waals surface area contributed by atoms with Gasteiger partial charge in [0, 0.05) is 13.2 Å². The summed E-state index contributed by atoms with van der Waals surface area (Å²) in [6.07, 6.45) is 4.39. The first-order valence-electron chi connectivity index (χ1n) is 6.89. The number of hydrogen-bond acceptors (Lipinski definition) is 3. The fraction of sp³-hybridized carbons (Fsp3) is 0.467. The van der Waals surface area contributed by atoms with Crippen molar-refractivity contribution in [2.75, 3.05) is 19.0 Å². The van der Waals surface area contributed by atoms with Gasteiger partial charge in [0.1, 0.15) is 6.61 Å². The van der Waals surface area contributed by atoms with Crippen molar-refractivity contribution in [1.29, 1.82) is 0 Å². The van der Waals surface area contributed by atoms with E-state index in [-0.39, 0.29) is 24.5 Å². The molecule has 5 nitrogen and oxygen atoms in total. The van der Waals surface area contributed by atoms with Crippen molar-refractivity contribution in [2.24, 2.45) is 0 Å². The van der Waals surface area contributed by atoms with Crippen molar-refractivity contribution in [2.45, 2.75) is 31.7 Å². The number of ether oxygens (including phenoxy) is 1. The Hall–Kier alpha value is -1.88. The molecule has 0 unspecified atom stereocenters. The Morgan fingerprint density at radius 3 is 2.65 bits per heavy atom. The number of amides is 2. The third-order valence-electron chi connectivity index (χ3n) is 3.41. The zero-order chi connectivity index (χ0) is 14.4. The first-order chi connectivity index (χ1) is 9.70. The number of rotatable bonds is 5. The predicted molar refractivity (Wildman–Crippen MR) is 76.7 cm³/mol. The maximum atomic E-state index is 12.3. The number of hydrogen-bond donors (Lipinski definition) is 2. The molecule has 0 saturated heterocycles. The standard InChI is InChI=1S/C15H20N2O3/c1-20-10-14(18)17-13-9-5-4-8-12(13)15(19)16-11-6-2-3-7-11/h4-5,8-9,11H,2-3,6-7,10H2,1H3,(H,16,19)(H,17,18). The molecule has 1 saturated carbocycles. The third-order valence-corrected chi connectivity index (χ3v) is 3.41. The number of methoxy groups -OCH3 is 1. The minimum absolute atomic E-state index is 0.0292. The molecule has 0 aromatic heterocycles. The lowest BCUT2D eigenvalue weighted by Crippen LogP contribution is -2.33. The predicted octanol–water partition coefficient (Wildman–Crippen LogP) is 1.94. The van der Waals surface area contributed by atoms with Gasteiger partial charge in [0.15, 0.2) is 0 Å². The molecule has 0 heterocycles. The van der Waals surface area contributed by atoms with E-state index in [4.69, 9.17) is 4.74 Å². The third kappa shape index (κ3) is 3.81. The second-order valence-electron chi connectivity index (χ2n) is 4.98. The fourth-order valence-electron chi connectivity index (χ4n) is 2.44. The summed E-state index contributed by atoms with van der Waals surface area (Å²) in [7, 11) is 1.46. The molecule has 108 valence electrons. The molecule has 0 aliphatic heterocycles. The van der Waals surface area contributed by atoms with Crippen LogP contribution in [0.4, 0.5) is 5.69 Å². The van der Waals surface area contributed by atoms with E-state index in [9.17, 15) is 9.59 Å². The Bertz CT molecular complexity index is 482. The molecular weight excluding hydrogens is 256 g/mol. The van der Waals surface area contributed by atoms with E-state index in [2.05, 4.69) is 10.6 Å². The largest absolute Gasteiger partial charge is 0.375 e. The van der Waals surface area contributed by atoms with Gasteiger partial charge < -0.3 is 15.4 Å². The molecule has 2 N–H and O–H groups in total. The van der Waals surface area contributed by atoms with Gasteiger partial charge in [0.05, 0.1) is 11.3 Å². The van der Waals surface area contributed by atoms with Crippen molar-refractivity contribution in [3.8, 4) is 0 Å². The molecule has 1 aromatic carbocycles. The number of nitrogens with one attached hydrogen (secondary N) is 2. The summed E-state index contributed by atoms with van der Waals surface area (Å²) in [5, 5.41) is 5.71. The molecule has 1 aromatic rings. The van der Waals surface area contributed by atoms with Gasteiger partial charge in [-0.3, -0.25) is 9.59 Å². The van der Waals surface area contributed by atoms with Crippen LogP contribution in [0.25, 0.3) is 0 Å². The van der Waals surface area contributed by atoms with E-state index in [0.717, 1.165) is 25.7 Å². The van der Waals surface area contributed by atoms with Crippen LogP contribution >= 0.6 is 0 Å². The molecule has 0 spiro atoms. The molecule has 2 amide bonds. The molecule has 5 heteroatoms. The van der Waals surface area contributed by atoms with Crippen molar-refractivity contribution < 1.29 is 14.3 Å². The van der Waals surface area contributed by atoms with Crippen molar-refractivity contribution in [3.63, 3.8) is 0 Å². The number of para-hydroxylation sites is 1. The summed E-state index contributed by atoms with van der Waals surface area (Å²) >= 11 is 0. The maximum Gasteiger partial charge on any atom is 0.253 e. The molecule has 0 atom stereocenters. The Labute approximate surface area is 118 Å². The molecule has 1 aliphatic carbocycles. The topological polar surface area (TPSA) is 67.4 Å². The van der Waals surface area contributed by atoms with E-state index in [1.54, 1.807) is 24.3 Å². The Balaban J connectivity index is 2.06. The van der Waals surface area contributed by atoms with Gasteiger partial charge in [-0.1, -0.05) is 25.0 Å². The second kappa shape index (κ2) is 7.05. The highest BCUT2D eigenvalue weighted by atomic mass is 16.5. The fourth-order valence-corrected chi connectivity index (χ4v) is 2.44. The highest BCUT2D eigenvalue weighted by Gasteiger charge is 2.19. The van der Waals surface area contributed by atoms with Gasteiger partial charge in [-0.2, -0.15) is 0 Å². The van der Waals surface area contributed by atoms with E-state index < -0.39 is 0 Å². The molecule has 2 rings (SSSR count). The van der Waals surface area contributed by atoms with Gasteiger partial charge >= 0.3 is 0 Å². The summed E-state index contributed by atoms with van der Waals surface area (Å²) in [6.45, 7) is -0.0292. The van der Waals surface area contributed by atoms with E-state index in [1.807, 2.05) is 0 Å². The molecule has 0 radical (unpaired) electrons. The van der Waals surface area contributed by atoms with E-state index in [0.29, 0.717) is 11.3 Å². The first-order valence-corrected chi connectivity index (χ1v) is 6.89. The van der Waals surface area contributed by atoms with Crippen LogP contribution in [0.15, 0.2) is 24.3 Å². The van der Waals surface area contributed by atoms with Gasteiger partial charge in [0.25, 0.3) is 5.91 Å². The highest BCUT2D eigenvalue weighted by molar-refractivity contribution is 6.04. The molecule has 20 heavy (non-hydrogen) atoms. The Morgan fingerprint density at radius 2 is 1.95 bits per heavy atom. The van der Waals surface area contributed by atoms with Crippen LogP contribution in [0.3, 0.4) is 0 Å². The summed E-state index contributed by atoms with van der Waals surface area (Å²) < 4.78 is 4.77. The number of carbonyl (C=O) groups excluding carboxylic acids is 2. The normalized spacial score (nSPS) is 15.1. The minimum atomic E-state index is -0.270. The highest BCUT2D eigenvalue weighted by Crippen LogP contribution is 2.20. The summed E-state index contributed by atoms with van der Waals surface area (Å²) in [5.41, 5.74) is 1.01. The van der Waals surface area contributed by atoms with Gasteiger partial charge in [-0.25, -0.2) is 0 Å². The quantitative estimate of drug-likeness (QED) is 0.863. The van der Waals surface area contributed by atoms with E-state index in [1.165, 1.54) is 7.11 Å². The van der Waals surface area contributed by atoms with Crippen LogP contribution in [0.2, 0.25) is 0 Å².